The monoisotopic (exact) mass is 358 g/mol. The lowest BCUT2D eigenvalue weighted by Crippen LogP contribution is -2.36. The van der Waals surface area contributed by atoms with Crippen molar-refractivity contribution in [2.75, 3.05) is 13.1 Å². The molecule has 0 aliphatic carbocycles. The van der Waals surface area contributed by atoms with Gasteiger partial charge in [-0.2, -0.15) is 0 Å². The number of nitrogens with one attached hydrogen (secondary N) is 1. The average molecular weight is 358 g/mol. The molecule has 0 amide bonds. The van der Waals surface area contributed by atoms with Crippen molar-refractivity contribution in [3.05, 3.63) is 40.4 Å². The minimum Gasteiger partial charge on any atom is -0.322 e. The molecule has 0 radical (unpaired) electrons. The third kappa shape index (κ3) is 7.53. The van der Waals surface area contributed by atoms with Crippen molar-refractivity contribution in [1.29, 1.82) is 0 Å². The van der Waals surface area contributed by atoms with Crippen LogP contribution in [0.15, 0.2) is 30.3 Å². The van der Waals surface area contributed by atoms with Crippen LogP contribution in [0.2, 0.25) is 0 Å². The third-order valence-electron chi connectivity index (χ3n) is 3.33. The van der Waals surface area contributed by atoms with Gasteiger partial charge >= 0.3 is 0 Å². The van der Waals surface area contributed by atoms with Crippen LogP contribution in [0.4, 0.5) is 0 Å². The van der Waals surface area contributed by atoms with Crippen molar-refractivity contribution in [3.8, 4) is 0 Å². The summed E-state index contributed by atoms with van der Waals surface area (Å²) in [5.74, 6) is 0. The molecule has 7 heteroatoms. The number of nitro groups is 1. The molecule has 5 nitrogen and oxygen atoms in total. The molecule has 0 fully saturated rings. The molecule has 1 atom stereocenters. The predicted molar refractivity (Wildman–Crippen MR) is 99.5 cm³/mol. The molecule has 1 rings (SSSR count). The van der Waals surface area contributed by atoms with E-state index in [0.717, 1.165) is 24.7 Å². The van der Waals surface area contributed by atoms with Crippen molar-refractivity contribution in [2.45, 2.75) is 52.1 Å². The van der Waals surface area contributed by atoms with Gasteiger partial charge in [-0.25, -0.2) is 0 Å². The number of hydrogen-bond acceptors (Lipinski definition) is 4. The number of rotatable bonds is 11. The van der Waals surface area contributed by atoms with Gasteiger partial charge < -0.3 is 4.52 Å². The van der Waals surface area contributed by atoms with Crippen LogP contribution in [0.1, 0.15) is 46.5 Å². The van der Waals surface area contributed by atoms with Crippen molar-refractivity contribution < 1.29 is 9.45 Å². The van der Waals surface area contributed by atoms with E-state index in [9.17, 15) is 10.1 Å². The summed E-state index contributed by atoms with van der Waals surface area (Å²) in [4.78, 5) is 10.5. The molecule has 130 valence electrons. The van der Waals surface area contributed by atoms with Gasteiger partial charge in [0.05, 0.1) is 0 Å². The Labute approximate surface area is 144 Å². The summed E-state index contributed by atoms with van der Waals surface area (Å²) in [6, 6.07) is 9.62. The fourth-order valence-electron chi connectivity index (χ4n) is 2.27. The molecule has 1 N–H and O–H groups in total. The Bertz CT molecular complexity index is 537. The summed E-state index contributed by atoms with van der Waals surface area (Å²) < 4.78 is 6.10. The predicted octanol–water partition coefficient (Wildman–Crippen LogP) is 3.86. The molecule has 23 heavy (non-hydrogen) atoms. The Hall–Kier alpha value is -0.810. The highest BCUT2D eigenvalue weighted by Gasteiger charge is 2.33. The third-order valence-corrected chi connectivity index (χ3v) is 6.94. The summed E-state index contributed by atoms with van der Waals surface area (Å²) in [5, 5.41) is 15.1. The summed E-state index contributed by atoms with van der Waals surface area (Å²) in [6.45, 7) is 6.11. The second-order valence-corrected chi connectivity index (χ2v) is 9.86. The second kappa shape index (κ2) is 9.48. The maximum atomic E-state index is 10.9. The molecule has 1 aromatic rings. The molecule has 0 spiro atoms. The van der Waals surface area contributed by atoms with Gasteiger partial charge in [-0.1, -0.05) is 56.5 Å². The van der Waals surface area contributed by atoms with E-state index in [-0.39, 0.29) is 11.5 Å². The zero-order valence-corrected chi connectivity index (χ0v) is 15.9. The Morgan fingerprint density at radius 3 is 2.48 bits per heavy atom. The number of hydrogen-bond donors (Lipinski definition) is 1. The number of nitrogens with zero attached hydrogens (tertiary/aromatic N) is 1. The fourth-order valence-corrected chi connectivity index (χ4v) is 5.63. The van der Waals surface area contributed by atoms with Crippen LogP contribution in [0, 0.1) is 10.1 Å². The van der Waals surface area contributed by atoms with Gasteiger partial charge in [0.2, 0.25) is 6.54 Å². The molecular weight excluding hydrogens is 331 g/mol. The van der Waals surface area contributed by atoms with Gasteiger partial charge in [-0.15, -0.1) is 0 Å². The first-order chi connectivity index (χ1) is 10.8. The zero-order valence-electron chi connectivity index (χ0n) is 14.2. The molecule has 0 aromatic heterocycles. The first kappa shape index (κ1) is 20.2. The van der Waals surface area contributed by atoms with E-state index in [1.54, 1.807) is 13.8 Å². The number of benzene rings is 1. The molecule has 0 bridgehead atoms. The number of unbranched alkanes of at least 4 members (excludes halogenated alkanes) is 3. The van der Waals surface area contributed by atoms with Gasteiger partial charge in [-0.3, -0.25) is 15.2 Å². The van der Waals surface area contributed by atoms with E-state index in [0.29, 0.717) is 0 Å². The molecule has 0 saturated carbocycles. The van der Waals surface area contributed by atoms with E-state index in [2.05, 4.69) is 12.0 Å². The van der Waals surface area contributed by atoms with Gasteiger partial charge in [-0.05, 0) is 32.1 Å². The van der Waals surface area contributed by atoms with Crippen LogP contribution >= 0.6 is 6.42 Å². The minimum atomic E-state index is -2.52. The van der Waals surface area contributed by atoms with Crippen molar-refractivity contribution >= 4 is 23.5 Å². The lowest BCUT2D eigenvalue weighted by atomic mass is 10.1. The standard InChI is InChI=1S/C16H27N2O3PS/c1-4-5-6-10-13-17-22(23,15-11-8-7-9-12-15)21-16(2,3)14-18(19)20/h7-9,11-12H,4-6,10,13-14H2,1-3H3,(H,17,23). The van der Waals surface area contributed by atoms with E-state index >= 15 is 0 Å². The Balaban J connectivity index is 2.85. The highest BCUT2D eigenvalue weighted by atomic mass is 32.4. The van der Waals surface area contributed by atoms with E-state index in [1.165, 1.54) is 12.8 Å². The first-order valence-corrected chi connectivity index (χ1v) is 10.7. The Kier molecular flexibility index (Phi) is 8.34. The quantitative estimate of drug-likeness (QED) is 0.282. The fraction of sp³-hybridized carbons (Fsp3) is 0.625. The van der Waals surface area contributed by atoms with Crippen LogP contribution in [-0.4, -0.2) is 23.6 Å². The molecular formula is C16H27N2O3PS. The van der Waals surface area contributed by atoms with Crippen LogP contribution in [-0.2, 0) is 16.3 Å². The highest BCUT2D eigenvalue weighted by Crippen LogP contribution is 2.45. The Morgan fingerprint density at radius 1 is 1.26 bits per heavy atom. The molecule has 0 aliphatic heterocycles. The van der Waals surface area contributed by atoms with Crippen molar-refractivity contribution in [3.63, 3.8) is 0 Å². The molecule has 0 saturated heterocycles. The van der Waals surface area contributed by atoms with Crippen molar-refractivity contribution in [1.82, 2.24) is 5.09 Å². The van der Waals surface area contributed by atoms with Gasteiger partial charge in [0.15, 0.2) is 6.42 Å². The summed E-state index contributed by atoms with van der Waals surface area (Å²) in [6.07, 6.45) is 2.03. The normalized spacial score (nSPS) is 14.4. The minimum absolute atomic E-state index is 0.268. The zero-order chi connectivity index (χ0) is 17.3. The summed E-state index contributed by atoms with van der Waals surface area (Å²) in [7, 11) is 0. The second-order valence-electron chi connectivity index (χ2n) is 6.20. The lowest BCUT2D eigenvalue weighted by Gasteiger charge is -2.31. The van der Waals surface area contributed by atoms with Crippen LogP contribution < -0.4 is 10.4 Å². The molecule has 1 unspecified atom stereocenters. The van der Waals surface area contributed by atoms with E-state index in [1.807, 2.05) is 30.3 Å². The summed E-state index contributed by atoms with van der Waals surface area (Å²) in [5.41, 5.74) is -0.911. The van der Waals surface area contributed by atoms with Gasteiger partial charge in [0.25, 0.3) is 0 Å². The maximum absolute atomic E-state index is 10.9. The highest BCUT2D eigenvalue weighted by molar-refractivity contribution is 8.14. The smallest absolute Gasteiger partial charge is 0.232 e. The van der Waals surface area contributed by atoms with E-state index in [4.69, 9.17) is 16.3 Å². The summed E-state index contributed by atoms with van der Waals surface area (Å²) >= 11 is 5.80. The van der Waals surface area contributed by atoms with Gasteiger partial charge in [0.1, 0.15) is 5.60 Å². The Morgan fingerprint density at radius 2 is 1.91 bits per heavy atom. The van der Waals surface area contributed by atoms with Crippen LogP contribution in [0.25, 0.3) is 0 Å². The van der Waals surface area contributed by atoms with Crippen LogP contribution in [0.3, 0.4) is 0 Å². The van der Waals surface area contributed by atoms with E-state index < -0.39 is 12.0 Å². The molecule has 0 aliphatic rings. The molecule has 1 aromatic carbocycles. The van der Waals surface area contributed by atoms with Crippen molar-refractivity contribution in [2.24, 2.45) is 0 Å². The first-order valence-electron chi connectivity index (χ1n) is 8.02. The van der Waals surface area contributed by atoms with Crippen LogP contribution in [0.5, 0.6) is 0 Å². The average Bonchev–Trinajstić information content (AvgIpc) is 2.46. The van der Waals surface area contributed by atoms with Gasteiger partial charge in [0, 0.05) is 16.8 Å². The molecule has 0 heterocycles. The SMILES string of the molecule is CCCCCCNP(=S)(OC(C)(C)C[N+](=O)[O-])c1ccccc1. The topological polar surface area (TPSA) is 64.4 Å². The largest absolute Gasteiger partial charge is 0.322 e. The maximum Gasteiger partial charge on any atom is 0.232 e. The lowest BCUT2D eigenvalue weighted by molar-refractivity contribution is -0.496.